The molecule has 4 amide bonds. The smallest absolute Gasteiger partial charge is 0.331 e. The van der Waals surface area contributed by atoms with Gasteiger partial charge in [0.15, 0.2) is 23.1 Å². The number of anilines is 2. The molecule has 0 aliphatic carbocycles. The van der Waals surface area contributed by atoms with Gasteiger partial charge in [0, 0.05) is 30.7 Å². The van der Waals surface area contributed by atoms with Crippen LogP contribution in [0.1, 0.15) is 6.92 Å². The molecule has 1 atom stereocenters. The number of carbonyl (C=O) groups excluding carboxylic acids is 3. The number of benzene rings is 3. The van der Waals surface area contributed by atoms with Gasteiger partial charge in [0.25, 0.3) is 0 Å². The van der Waals surface area contributed by atoms with Crippen LogP contribution < -0.4 is 24.4 Å². The highest BCUT2D eigenvalue weighted by Crippen LogP contribution is 2.38. The van der Waals surface area contributed by atoms with Crippen molar-refractivity contribution in [3.8, 4) is 23.0 Å². The third-order valence-corrected chi connectivity index (χ3v) is 6.90. The zero-order valence-corrected chi connectivity index (χ0v) is 23.2. The number of hydrogen-bond donors (Lipinski definition) is 1. The number of rotatable bonds is 8. The number of halogens is 3. The molecule has 1 aliphatic heterocycles. The Kier molecular flexibility index (Phi) is 8.06. The van der Waals surface area contributed by atoms with E-state index in [2.05, 4.69) is 10.3 Å². The maximum absolute atomic E-state index is 15.2. The molecule has 1 saturated heterocycles. The highest BCUT2D eigenvalue weighted by molar-refractivity contribution is 6.23. The fourth-order valence-corrected chi connectivity index (χ4v) is 4.64. The monoisotopic (exact) mass is 594 g/mol. The van der Waals surface area contributed by atoms with Gasteiger partial charge >= 0.3 is 6.03 Å². The Balaban J connectivity index is 1.39. The summed E-state index contributed by atoms with van der Waals surface area (Å²) in [5, 5.41) is 2.68. The first-order chi connectivity index (χ1) is 20.7. The Morgan fingerprint density at radius 2 is 1.63 bits per heavy atom. The molecular weight excluding hydrogens is 569 g/mol. The van der Waals surface area contributed by atoms with Crippen molar-refractivity contribution >= 4 is 40.1 Å². The molecular formula is C30H25F3N4O6. The summed E-state index contributed by atoms with van der Waals surface area (Å²) in [6.07, 6.45) is 1.42. The number of amides is 4. The van der Waals surface area contributed by atoms with Crippen LogP contribution >= 0.6 is 0 Å². The van der Waals surface area contributed by atoms with Crippen molar-refractivity contribution in [3.05, 3.63) is 78.2 Å². The lowest BCUT2D eigenvalue weighted by molar-refractivity contribution is -0.132. The Bertz CT molecular complexity index is 1730. The lowest BCUT2D eigenvalue weighted by Crippen LogP contribution is -2.59. The second-order valence-electron chi connectivity index (χ2n) is 9.39. The number of nitrogens with one attached hydrogen (secondary N) is 1. The van der Waals surface area contributed by atoms with Crippen LogP contribution in [-0.4, -0.2) is 55.0 Å². The number of ether oxygens (including phenoxy) is 3. The van der Waals surface area contributed by atoms with Crippen LogP contribution in [0, 0.1) is 23.4 Å². The Labute approximate surface area is 243 Å². The summed E-state index contributed by atoms with van der Waals surface area (Å²) in [5.41, 5.74) is -0.0287. The molecule has 4 aromatic rings. The first kappa shape index (κ1) is 29.2. The number of carbonyl (C=O) groups is 3. The second-order valence-corrected chi connectivity index (χ2v) is 9.39. The number of pyridine rings is 1. The molecule has 222 valence electrons. The van der Waals surface area contributed by atoms with Crippen molar-refractivity contribution < 1.29 is 41.8 Å². The first-order valence-electron chi connectivity index (χ1n) is 13.0. The van der Waals surface area contributed by atoms with Gasteiger partial charge in [-0.1, -0.05) is 0 Å². The van der Waals surface area contributed by atoms with Gasteiger partial charge in [-0.3, -0.25) is 14.6 Å². The maximum Gasteiger partial charge on any atom is 0.331 e. The van der Waals surface area contributed by atoms with Gasteiger partial charge in [-0.05, 0) is 55.5 Å². The molecule has 3 aromatic carbocycles. The fourth-order valence-electron chi connectivity index (χ4n) is 4.64. The summed E-state index contributed by atoms with van der Waals surface area (Å²) in [6.45, 7) is 1.52. The Morgan fingerprint density at radius 1 is 0.930 bits per heavy atom. The van der Waals surface area contributed by atoms with Gasteiger partial charge in [-0.2, -0.15) is 4.39 Å². The molecule has 0 radical (unpaired) electrons. The number of methoxy groups -OCH3 is 2. The van der Waals surface area contributed by atoms with Crippen molar-refractivity contribution in [2.45, 2.75) is 6.92 Å². The van der Waals surface area contributed by atoms with E-state index in [1.165, 1.54) is 43.5 Å². The number of fused-ring (bicyclic) bond motifs is 1. The molecule has 2 heterocycles. The zero-order chi connectivity index (χ0) is 30.8. The average Bonchev–Trinajstić information content (AvgIpc) is 3.01. The number of imide groups is 1. The summed E-state index contributed by atoms with van der Waals surface area (Å²) >= 11 is 0. The largest absolute Gasteiger partial charge is 0.493 e. The Hall–Kier alpha value is -5.33. The molecule has 5 rings (SSSR count). The topological polar surface area (TPSA) is 110 Å². The van der Waals surface area contributed by atoms with Crippen LogP contribution in [0.15, 0.2) is 60.8 Å². The molecule has 0 spiro atoms. The van der Waals surface area contributed by atoms with E-state index >= 15 is 8.78 Å². The standard InChI is InChI=1S/C30H25F3N4O6/c1-4-36-15-19(29(39)37(30(36)40)17-7-5-16(31)6-8-17)28(38)35-20-9-10-23(27(33)26(20)32)43-22-11-12-34-21-14-25(42-3)24(41-2)13-18(21)22/h5-14,19H,4,15H2,1-3H3,(H,35,38). The van der Waals surface area contributed by atoms with E-state index in [0.29, 0.717) is 22.4 Å². The van der Waals surface area contributed by atoms with E-state index in [-0.39, 0.29) is 24.5 Å². The minimum Gasteiger partial charge on any atom is -0.493 e. The third-order valence-electron chi connectivity index (χ3n) is 6.90. The van der Waals surface area contributed by atoms with Crippen molar-refractivity contribution in [2.24, 2.45) is 5.92 Å². The van der Waals surface area contributed by atoms with Gasteiger partial charge in [-0.25, -0.2) is 18.5 Å². The van der Waals surface area contributed by atoms with Crippen LogP contribution in [0.4, 0.5) is 29.3 Å². The van der Waals surface area contributed by atoms with E-state index in [1.54, 1.807) is 19.1 Å². The van der Waals surface area contributed by atoms with Crippen molar-refractivity contribution in [1.29, 1.82) is 0 Å². The average molecular weight is 595 g/mol. The predicted octanol–water partition coefficient (Wildman–Crippen LogP) is 5.51. The number of hydrogen-bond acceptors (Lipinski definition) is 7. The first-order valence-corrected chi connectivity index (χ1v) is 13.0. The van der Waals surface area contributed by atoms with Gasteiger partial charge in [0.1, 0.15) is 17.5 Å². The van der Waals surface area contributed by atoms with E-state index in [9.17, 15) is 18.8 Å². The molecule has 13 heteroatoms. The van der Waals surface area contributed by atoms with Gasteiger partial charge in [0.2, 0.25) is 17.6 Å². The molecule has 1 aliphatic rings. The van der Waals surface area contributed by atoms with Gasteiger partial charge in [-0.15, -0.1) is 0 Å². The lowest BCUT2D eigenvalue weighted by Gasteiger charge is -2.37. The van der Waals surface area contributed by atoms with E-state index < -0.39 is 52.7 Å². The van der Waals surface area contributed by atoms with Crippen LogP contribution in [-0.2, 0) is 9.59 Å². The minimum absolute atomic E-state index is 0.0609. The lowest BCUT2D eigenvalue weighted by atomic mass is 10.0. The fraction of sp³-hybridized carbons (Fsp3) is 0.200. The van der Waals surface area contributed by atoms with E-state index in [1.807, 2.05) is 0 Å². The van der Waals surface area contributed by atoms with E-state index in [4.69, 9.17) is 14.2 Å². The molecule has 10 nitrogen and oxygen atoms in total. The Morgan fingerprint density at radius 3 is 2.30 bits per heavy atom. The van der Waals surface area contributed by atoms with Gasteiger partial charge in [0.05, 0.1) is 31.1 Å². The number of nitrogens with zero attached hydrogens (tertiary/aromatic N) is 3. The van der Waals surface area contributed by atoms with Crippen molar-refractivity contribution in [3.63, 3.8) is 0 Å². The highest BCUT2D eigenvalue weighted by atomic mass is 19.2. The van der Waals surface area contributed by atoms with Crippen LogP contribution in [0.3, 0.4) is 0 Å². The molecule has 1 unspecified atom stereocenters. The van der Waals surface area contributed by atoms with E-state index in [0.717, 1.165) is 29.2 Å². The maximum atomic E-state index is 15.2. The van der Waals surface area contributed by atoms with Crippen LogP contribution in [0.2, 0.25) is 0 Å². The summed E-state index contributed by atoms with van der Waals surface area (Å²) < 4.78 is 60.1. The summed E-state index contributed by atoms with van der Waals surface area (Å²) in [6, 6.07) is 10.8. The molecule has 1 fully saturated rings. The molecule has 1 aromatic heterocycles. The summed E-state index contributed by atoms with van der Waals surface area (Å²) in [7, 11) is 2.91. The van der Waals surface area contributed by atoms with Crippen LogP contribution in [0.5, 0.6) is 23.0 Å². The predicted molar refractivity (Wildman–Crippen MR) is 150 cm³/mol. The SMILES string of the molecule is CCN1CC(C(=O)Nc2ccc(Oc3ccnc4cc(OC)c(OC)cc34)c(F)c2F)C(=O)N(c2ccc(F)cc2)C1=O. The summed E-state index contributed by atoms with van der Waals surface area (Å²) in [5.74, 6) is -6.23. The number of aromatic nitrogens is 1. The quantitative estimate of drug-likeness (QED) is 0.268. The normalized spacial score (nSPS) is 15.1. The molecule has 1 N–H and O–H groups in total. The van der Waals surface area contributed by atoms with Crippen molar-refractivity contribution in [2.75, 3.05) is 37.5 Å². The second kappa shape index (κ2) is 11.9. The summed E-state index contributed by atoms with van der Waals surface area (Å²) in [4.78, 5) is 45.5. The molecule has 0 bridgehead atoms. The third kappa shape index (κ3) is 5.48. The highest BCUT2D eigenvalue weighted by Gasteiger charge is 2.43. The minimum atomic E-state index is -1.45. The number of urea groups is 1. The van der Waals surface area contributed by atoms with Gasteiger partial charge < -0.3 is 24.4 Å². The molecule has 0 saturated carbocycles. The zero-order valence-electron chi connectivity index (χ0n) is 23.2. The van der Waals surface area contributed by atoms with Crippen molar-refractivity contribution in [1.82, 2.24) is 9.88 Å². The molecule has 43 heavy (non-hydrogen) atoms. The van der Waals surface area contributed by atoms with Crippen LogP contribution in [0.25, 0.3) is 10.9 Å².